The molecule has 0 bridgehead atoms. The normalized spacial score (nSPS) is 11.3. The third kappa shape index (κ3) is 2.87. The van der Waals surface area contributed by atoms with Gasteiger partial charge < -0.3 is 5.32 Å². The molecule has 0 radical (unpaired) electrons. The van der Waals surface area contributed by atoms with E-state index in [0.717, 1.165) is 25.6 Å². The summed E-state index contributed by atoms with van der Waals surface area (Å²) in [5, 5.41) is 17.3. The van der Waals surface area contributed by atoms with Gasteiger partial charge in [-0.25, -0.2) is 0 Å². The summed E-state index contributed by atoms with van der Waals surface area (Å²) in [7, 11) is 0. The van der Waals surface area contributed by atoms with Crippen LogP contribution in [0.5, 0.6) is 0 Å². The highest BCUT2D eigenvalue weighted by atomic mass is 35.5. The van der Waals surface area contributed by atoms with Gasteiger partial charge in [0.1, 0.15) is 16.2 Å². The van der Waals surface area contributed by atoms with E-state index >= 15 is 0 Å². The van der Waals surface area contributed by atoms with Crippen LogP contribution in [0, 0.1) is 0 Å². The van der Waals surface area contributed by atoms with Crippen LogP contribution in [0.4, 0.5) is 5.69 Å². The number of rotatable bonds is 3. The van der Waals surface area contributed by atoms with Crippen molar-refractivity contribution in [2.24, 2.45) is 0 Å². The van der Waals surface area contributed by atoms with E-state index in [0.29, 0.717) is 15.6 Å². The Bertz CT molecular complexity index is 1260. The van der Waals surface area contributed by atoms with Gasteiger partial charge >= 0.3 is 0 Å². The first kappa shape index (κ1) is 16.4. The highest BCUT2D eigenvalue weighted by Crippen LogP contribution is 2.35. The van der Waals surface area contributed by atoms with Gasteiger partial charge in [-0.15, -0.1) is 21.5 Å². The second-order valence-corrected chi connectivity index (χ2v) is 8.12. The largest absolute Gasteiger partial charge is 0.321 e. The lowest BCUT2D eigenvalue weighted by molar-refractivity contribution is 0.103. The maximum atomic E-state index is 12.6. The van der Waals surface area contributed by atoms with Crippen molar-refractivity contribution in [1.29, 1.82) is 0 Å². The minimum Gasteiger partial charge on any atom is -0.321 e. The average Bonchev–Trinajstić information content (AvgIpc) is 3.36. The molecular formula is C18H10ClN5OS2. The van der Waals surface area contributed by atoms with Gasteiger partial charge in [-0.05, 0) is 30.3 Å². The van der Waals surface area contributed by atoms with Crippen molar-refractivity contribution in [2.75, 3.05) is 5.32 Å². The maximum Gasteiger partial charge on any atom is 0.267 e. The Labute approximate surface area is 166 Å². The third-order valence-electron chi connectivity index (χ3n) is 4.02. The number of halogens is 1. The molecule has 0 fully saturated rings. The molecule has 132 valence electrons. The summed E-state index contributed by atoms with van der Waals surface area (Å²) in [6.07, 6.45) is 1.57. The smallest absolute Gasteiger partial charge is 0.267 e. The molecule has 0 saturated heterocycles. The van der Waals surface area contributed by atoms with E-state index in [2.05, 4.69) is 20.6 Å². The van der Waals surface area contributed by atoms with Gasteiger partial charge in [0.15, 0.2) is 0 Å². The zero-order valence-corrected chi connectivity index (χ0v) is 16.0. The number of carbonyl (C=O) groups is 1. The number of fused-ring (bicyclic) bond motifs is 2. The Kier molecular flexibility index (Phi) is 3.89. The molecule has 5 rings (SSSR count). The van der Waals surface area contributed by atoms with E-state index in [1.165, 1.54) is 22.7 Å². The lowest BCUT2D eigenvalue weighted by Gasteiger charge is -2.05. The number of amides is 1. The van der Waals surface area contributed by atoms with Gasteiger partial charge in [0.05, 0.1) is 5.02 Å². The van der Waals surface area contributed by atoms with Crippen LogP contribution < -0.4 is 5.32 Å². The number of thiophene rings is 1. The molecular weight excluding hydrogens is 402 g/mol. The summed E-state index contributed by atoms with van der Waals surface area (Å²) in [6, 6.07) is 15.2. The molecule has 0 aliphatic carbocycles. The van der Waals surface area contributed by atoms with Crippen LogP contribution in [-0.2, 0) is 0 Å². The van der Waals surface area contributed by atoms with E-state index in [1.54, 1.807) is 10.8 Å². The lowest BCUT2D eigenvalue weighted by Crippen LogP contribution is -2.10. The summed E-state index contributed by atoms with van der Waals surface area (Å²) >= 11 is 9.22. The predicted octanol–water partition coefficient (Wildman–Crippen LogP) is 4.97. The van der Waals surface area contributed by atoms with Gasteiger partial charge in [-0.1, -0.05) is 41.1 Å². The Morgan fingerprint density at radius 3 is 2.67 bits per heavy atom. The van der Waals surface area contributed by atoms with Crippen LogP contribution in [0.25, 0.3) is 25.6 Å². The molecule has 0 spiro atoms. The van der Waals surface area contributed by atoms with Crippen LogP contribution in [0.2, 0.25) is 5.02 Å². The number of nitrogens with zero attached hydrogens (tertiary/aromatic N) is 4. The number of aromatic nitrogens is 4. The highest BCUT2D eigenvalue weighted by molar-refractivity contribution is 7.21. The number of hydrogen-bond acceptors (Lipinski definition) is 6. The van der Waals surface area contributed by atoms with E-state index < -0.39 is 0 Å². The topological polar surface area (TPSA) is 72.2 Å². The Balaban J connectivity index is 1.39. The standard InChI is InChI=1S/C18H10ClN5OS2/c19-14-12-3-1-2-4-13(12)26-15(14)16(25)21-11-7-5-10(6-8-11)17-23-24-9-20-22-18(24)27-17/h1-9H,(H,21,25). The number of nitrogens with one attached hydrogen (secondary N) is 1. The molecule has 6 nitrogen and oxygen atoms in total. The van der Waals surface area contributed by atoms with Crippen LogP contribution in [0.1, 0.15) is 9.67 Å². The second kappa shape index (κ2) is 6.41. The number of anilines is 1. The molecule has 5 aromatic rings. The van der Waals surface area contributed by atoms with Gasteiger partial charge in [-0.2, -0.15) is 9.61 Å². The number of benzene rings is 2. The van der Waals surface area contributed by atoms with Crippen molar-refractivity contribution in [3.63, 3.8) is 0 Å². The molecule has 0 aliphatic heterocycles. The van der Waals surface area contributed by atoms with Crippen molar-refractivity contribution >= 4 is 60.9 Å². The molecule has 1 amide bonds. The first-order valence-electron chi connectivity index (χ1n) is 7.95. The van der Waals surface area contributed by atoms with Crippen LogP contribution in [-0.4, -0.2) is 25.7 Å². The fourth-order valence-electron chi connectivity index (χ4n) is 2.72. The molecule has 0 atom stereocenters. The van der Waals surface area contributed by atoms with Crippen molar-refractivity contribution in [3.05, 3.63) is 64.8 Å². The van der Waals surface area contributed by atoms with Crippen molar-refractivity contribution in [1.82, 2.24) is 19.8 Å². The monoisotopic (exact) mass is 411 g/mol. The van der Waals surface area contributed by atoms with Gasteiger partial charge in [-0.3, -0.25) is 4.79 Å². The van der Waals surface area contributed by atoms with Crippen molar-refractivity contribution in [2.45, 2.75) is 0 Å². The van der Waals surface area contributed by atoms with Crippen LogP contribution in [0.15, 0.2) is 54.9 Å². The van der Waals surface area contributed by atoms with Gasteiger partial charge in [0.25, 0.3) is 5.91 Å². The summed E-state index contributed by atoms with van der Waals surface area (Å²) in [5.41, 5.74) is 1.64. The minimum absolute atomic E-state index is 0.215. The Morgan fingerprint density at radius 2 is 1.89 bits per heavy atom. The maximum absolute atomic E-state index is 12.6. The Morgan fingerprint density at radius 1 is 1.07 bits per heavy atom. The molecule has 1 N–H and O–H groups in total. The van der Waals surface area contributed by atoms with E-state index in [9.17, 15) is 4.79 Å². The molecule has 0 saturated carbocycles. The third-order valence-corrected chi connectivity index (χ3v) is 6.65. The van der Waals surface area contributed by atoms with Crippen molar-refractivity contribution < 1.29 is 4.79 Å². The van der Waals surface area contributed by atoms with Crippen LogP contribution >= 0.6 is 34.3 Å². The molecule has 2 aromatic carbocycles. The minimum atomic E-state index is -0.215. The lowest BCUT2D eigenvalue weighted by atomic mass is 10.2. The molecule has 0 aliphatic rings. The second-order valence-electron chi connectivity index (χ2n) is 5.74. The fourth-order valence-corrected chi connectivity index (χ4v) is 4.96. The average molecular weight is 412 g/mol. The number of carbonyl (C=O) groups excluding carboxylic acids is 1. The summed E-state index contributed by atoms with van der Waals surface area (Å²) in [5.74, 6) is -0.215. The molecule has 3 heterocycles. The van der Waals surface area contributed by atoms with Crippen molar-refractivity contribution in [3.8, 4) is 10.6 Å². The van der Waals surface area contributed by atoms with Gasteiger partial charge in [0.2, 0.25) is 4.96 Å². The summed E-state index contributed by atoms with van der Waals surface area (Å²) in [4.78, 5) is 13.9. The molecule has 9 heteroatoms. The molecule has 0 unspecified atom stereocenters. The van der Waals surface area contributed by atoms with Gasteiger partial charge in [0, 0.05) is 21.3 Å². The quantitative estimate of drug-likeness (QED) is 0.454. The van der Waals surface area contributed by atoms with E-state index in [-0.39, 0.29) is 5.91 Å². The molecule has 27 heavy (non-hydrogen) atoms. The zero-order valence-electron chi connectivity index (χ0n) is 13.6. The van der Waals surface area contributed by atoms with E-state index in [4.69, 9.17) is 11.6 Å². The Hall–Kier alpha value is -2.81. The predicted molar refractivity (Wildman–Crippen MR) is 109 cm³/mol. The van der Waals surface area contributed by atoms with Crippen LogP contribution in [0.3, 0.4) is 0 Å². The first-order valence-corrected chi connectivity index (χ1v) is 9.96. The van der Waals surface area contributed by atoms with E-state index in [1.807, 2.05) is 48.5 Å². The summed E-state index contributed by atoms with van der Waals surface area (Å²) < 4.78 is 2.63. The molecule has 3 aromatic heterocycles. The summed E-state index contributed by atoms with van der Waals surface area (Å²) in [6.45, 7) is 0. The SMILES string of the molecule is O=C(Nc1ccc(-c2nn3cnnc3s2)cc1)c1sc2ccccc2c1Cl. The fraction of sp³-hybridized carbons (Fsp3) is 0. The highest BCUT2D eigenvalue weighted by Gasteiger charge is 2.17. The number of hydrogen-bond donors (Lipinski definition) is 1. The first-order chi connectivity index (χ1) is 13.2. The zero-order chi connectivity index (χ0) is 18.4.